The Hall–Kier alpha value is -0.930. The zero-order valence-electron chi connectivity index (χ0n) is 11.6. The Balaban J connectivity index is 2.75. The van der Waals surface area contributed by atoms with Crippen molar-refractivity contribution < 1.29 is 0 Å². The summed E-state index contributed by atoms with van der Waals surface area (Å²) < 4.78 is 0. The van der Waals surface area contributed by atoms with Crippen molar-refractivity contribution in [1.29, 1.82) is 0 Å². The van der Waals surface area contributed by atoms with Gasteiger partial charge in [-0.05, 0) is 36.3 Å². The van der Waals surface area contributed by atoms with Crippen LogP contribution in [0.15, 0.2) is 18.3 Å². The molecule has 2 atom stereocenters. The molecular weight excluding hydrogens is 210 g/mol. The lowest BCUT2D eigenvalue weighted by molar-refractivity contribution is 0.223. The Bertz CT molecular complexity index is 337. The maximum atomic E-state index is 5.66. The van der Waals surface area contributed by atoms with Gasteiger partial charge in [-0.25, -0.2) is 0 Å². The highest BCUT2D eigenvalue weighted by molar-refractivity contribution is 5.17. The Morgan fingerprint density at radius 1 is 1.35 bits per heavy atom. The number of rotatable bonds is 4. The highest BCUT2D eigenvalue weighted by atomic mass is 15.2. The van der Waals surface area contributed by atoms with E-state index in [9.17, 15) is 0 Å². The summed E-state index contributed by atoms with van der Waals surface area (Å²) in [4.78, 5) is 4.32. The molecule has 0 saturated carbocycles. The topological polar surface area (TPSA) is 50.9 Å². The summed E-state index contributed by atoms with van der Waals surface area (Å²) >= 11 is 0. The van der Waals surface area contributed by atoms with Crippen molar-refractivity contribution in [3.63, 3.8) is 0 Å². The van der Waals surface area contributed by atoms with Crippen LogP contribution in [0.25, 0.3) is 0 Å². The van der Waals surface area contributed by atoms with Crippen LogP contribution in [0.3, 0.4) is 0 Å². The zero-order valence-corrected chi connectivity index (χ0v) is 11.6. The fraction of sp³-hybridized carbons (Fsp3) is 0.643. The summed E-state index contributed by atoms with van der Waals surface area (Å²) in [7, 11) is 0. The van der Waals surface area contributed by atoms with E-state index in [-0.39, 0.29) is 6.04 Å². The minimum atomic E-state index is 0.178. The van der Waals surface area contributed by atoms with Crippen molar-refractivity contribution in [2.45, 2.75) is 47.1 Å². The van der Waals surface area contributed by atoms with Gasteiger partial charge in [0.05, 0.1) is 0 Å². The molecule has 3 nitrogen and oxygen atoms in total. The van der Waals surface area contributed by atoms with Crippen LogP contribution in [0.5, 0.6) is 0 Å². The van der Waals surface area contributed by atoms with E-state index in [1.165, 1.54) is 0 Å². The van der Waals surface area contributed by atoms with Crippen LogP contribution in [0, 0.1) is 18.3 Å². The van der Waals surface area contributed by atoms with Gasteiger partial charge in [0.25, 0.3) is 0 Å². The third-order valence-electron chi connectivity index (χ3n) is 3.61. The van der Waals surface area contributed by atoms with Gasteiger partial charge in [-0.1, -0.05) is 33.8 Å². The molecule has 0 aliphatic rings. The molecule has 1 heterocycles. The van der Waals surface area contributed by atoms with Gasteiger partial charge in [0.15, 0.2) is 0 Å². The Morgan fingerprint density at radius 3 is 2.41 bits per heavy atom. The molecule has 1 rings (SSSR count). The van der Waals surface area contributed by atoms with Gasteiger partial charge in [-0.3, -0.25) is 16.3 Å². The summed E-state index contributed by atoms with van der Waals surface area (Å²) in [6.07, 6.45) is 2.93. The van der Waals surface area contributed by atoms with Crippen LogP contribution in [-0.2, 0) is 0 Å². The highest BCUT2D eigenvalue weighted by Gasteiger charge is 2.23. The number of pyridine rings is 1. The monoisotopic (exact) mass is 235 g/mol. The maximum Gasteiger partial charge on any atom is 0.0477 e. The SMILES string of the molecule is Cc1ccc(C(CC(C)C(C)(C)C)NN)cn1. The van der Waals surface area contributed by atoms with Crippen molar-refractivity contribution in [2.24, 2.45) is 17.2 Å². The second-order valence-electron chi connectivity index (χ2n) is 5.95. The van der Waals surface area contributed by atoms with Gasteiger partial charge in [0, 0.05) is 17.9 Å². The quantitative estimate of drug-likeness (QED) is 0.623. The summed E-state index contributed by atoms with van der Waals surface area (Å²) in [6, 6.07) is 4.31. The molecule has 0 aromatic carbocycles. The number of hydrogen-bond acceptors (Lipinski definition) is 3. The third kappa shape index (κ3) is 4.10. The smallest absolute Gasteiger partial charge is 0.0477 e. The molecule has 1 aromatic rings. The average Bonchev–Trinajstić information content (AvgIpc) is 2.25. The first-order valence-electron chi connectivity index (χ1n) is 6.23. The van der Waals surface area contributed by atoms with Crippen LogP contribution < -0.4 is 11.3 Å². The van der Waals surface area contributed by atoms with Gasteiger partial charge >= 0.3 is 0 Å². The third-order valence-corrected chi connectivity index (χ3v) is 3.61. The van der Waals surface area contributed by atoms with E-state index in [1.54, 1.807) is 0 Å². The van der Waals surface area contributed by atoms with E-state index in [1.807, 2.05) is 19.2 Å². The highest BCUT2D eigenvalue weighted by Crippen LogP contribution is 2.32. The van der Waals surface area contributed by atoms with Gasteiger partial charge in [0.1, 0.15) is 0 Å². The van der Waals surface area contributed by atoms with Crippen LogP contribution in [0.4, 0.5) is 0 Å². The van der Waals surface area contributed by atoms with Crippen molar-refractivity contribution in [2.75, 3.05) is 0 Å². The minimum absolute atomic E-state index is 0.178. The average molecular weight is 235 g/mol. The number of nitrogens with one attached hydrogen (secondary N) is 1. The Kier molecular flexibility index (Phi) is 4.66. The first-order valence-corrected chi connectivity index (χ1v) is 6.23. The van der Waals surface area contributed by atoms with Crippen molar-refractivity contribution in [3.05, 3.63) is 29.6 Å². The normalized spacial score (nSPS) is 15.6. The van der Waals surface area contributed by atoms with Crippen LogP contribution in [0.1, 0.15) is 51.4 Å². The van der Waals surface area contributed by atoms with Gasteiger partial charge in [-0.2, -0.15) is 0 Å². The van der Waals surface area contributed by atoms with Crippen molar-refractivity contribution in [3.8, 4) is 0 Å². The molecule has 0 fully saturated rings. The lowest BCUT2D eigenvalue weighted by Crippen LogP contribution is -2.32. The standard InChI is InChI=1S/C14H25N3/c1-10(14(3,4)5)8-13(17-15)12-7-6-11(2)16-9-12/h6-7,9-10,13,17H,8,15H2,1-5H3. The fourth-order valence-electron chi connectivity index (χ4n) is 1.69. The molecule has 3 N–H and O–H groups in total. The molecule has 2 unspecified atom stereocenters. The molecular formula is C14H25N3. The van der Waals surface area contributed by atoms with E-state index < -0.39 is 0 Å². The zero-order chi connectivity index (χ0) is 13.1. The van der Waals surface area contributed by atoms with Crippen LogP contribution in [-0.4, -0.2) is 4.98 Å². The number of hydrazine groups is 1. The largest absolute Gasteiger partial charge is 0.271 e. The van der Waals surface area contributed by atoms with Gasteiger partial charge in [-0.15, -0.1) is 0 Å². The molecule has 0 amide bonds. The Morgan fingerprint density at radius 2 is 2.00 bits per heavy atom. The maximum absolute atomic E-state index is 5.66. The number of hydrogen-bond donors (Lipinski definition) is 2. The van der Waals surface area contributed by atoms with Crippen molar-refractivity contribution >= 4 is 0 Å². The van der Waals surface area contributed by atoms with Crippen LogP contribution in [0.2, 0.25) is 0 Å². The number of aromatic nitrogens is 1. The fourth-order valence-corrected chi connectivity index (χ4v) is 1.69. The molecule has 0 saturated heterocycles. The van der Waals surface area contributed by atoms with E-state index in [2.05, 4.69) is 44.2 Å². The van der Waals surface area contributed by atoms with Crippen molar-refractivity contribution in [1.82, 2.24) is 10.4 Å². The first-order chi connectivity index (χ1) is 7.84. The minimum Gasteiger partial charge on any atom is -0.271 e. The summed E-state index contributed by atoms with van der Waals surface area (Å²) in [6.45, 7) is 11.0. The van der Waals surface area contributed by atoms with E-state index in [4.69, 9.17) is 5.84 Å². The lowest BCUT2D eigenvalue weighted by atomic mass is 9.78. The molecule has 1 aromatic heterocycles. The number of nitrogens with two attached hydrogens (primary N) is 1. The van der Waals surface area contributed by atoms with E-state index >= 15 is 0 Å². The molecule has 0 aliphatic heterocycles. The first kappa shape index (κ1) is 14.1. The summed E-state index contributed by atoms with van der Waals surface area (Å²) in [5.74, 6) is 6.24. The molecule has 96 valence electrons. The molecule has 0 aliphatic carbocycles. The molecule has 17 heavy (non-hydrogen) atoms. The summed E-state index contributed by atoms with van der Waals surface area (Å²) in [5.41, 5.74) is 5.40. The predicted octanol–water partition coefficient (Wildman–Crippen LogP) is 2.97. The predicted molar refractivity (Wildman–Crippen MR) is 72.3 cm³/mol. The van der Waals surface area contributed by atoms with Gasteiger partial charge in [0.2, 0.25) is 0 Å². The Labute approximate surface area is 105 Å². The second-order valence-corrected chi connectivity index (χ2v) is 5.95. The number of aryl methyl sites for hydroxylation is 1. The number of nitrogens with zero attached hydrogens (tertiary/aromatic N) is 1. The van der Waals surface area contributed by atoms with Crippen LogP contribution >= 0.6 is 0 Å². The molecule has 0 spiro atoms. The lowest BCUT2D eigenvalue weighted by Gasteiger charge is -2.30. The van der Waals surface area contributed by atoms with E-state index in [0.717, 1.165) is 17.7 Å². The summed E-state index contributed by atoms with van der Waals surface area (Å²) in [5, 5.41) is 0. The second kappa shape index (κ2) is 5.61. The van der Waals surface area contributed by atoms with E-state index in [0.29, 0.717) is 11.3 Å². The molecule has 3 heteroatoms. The molecule has 0 radical (unpaired) electrons. The van der Waals surface area contributed by atoms with Gasteiger partial charge < -0.3 is 0 Å². The molecule has 0 bridgehead atoms.